The van der Waals surface area contributed by atoms with Crippen LogP contribution in [0.1, 0.15) is 57.9 Å². The normalized spacial score (nSPS) is 32.0. The van der Waals surface area contributed by atoms with Gasteiger partial charge in [-0.2, -0.15) is 0 Å². The Bertz CT molecular complexity index is 580. The molecule has 0 saturated heterocycles. The molecule has 0 aliphatic heterocycles. The second-order valence-electron chi connectivity index (χ2n) is 8.39. The number of ether oxygens (including phenoxy) is 2. The van der Waals surface area contributed by atoms with E-state index >= 15 is 0 Å². The van der Waals surface area contributed by atoms with E-state index in [2.05, 4.69) is 19.9 Å². The van der Waals surface area contributed by atoms with E-state index in [1.165, 1.54) is 31.2 Å². The molecule has 0 radical (unpaired) electrons. The van der Waals surface area contributed by atoms with Gasteiger partial charge in [-0.1, -0.05) is 26.7 Å². The maximum Gasteiger partial charge on any atom is 0.122 e. The van der Waals surface area contributed by atoms with Crippen molar-refractivity contribution in [2.24, 2.45) is 16.7 Å². The van der Waals surface area contributed by atoms with Gasteiger partial charge < -0.3 is 14.6 Å². The quantitative estimate of drug-likeness (QED) is 0.875. The summed E-state index contributed by atoms with van der Waals surface area (Å²) in [5, 5.41) is 10.6. The Balaban J connectivity index is 1.97. The fraction of sp³-hybridized carbons (Fsp3) is 0.714. The molecule has 0 spiro atoms. The van der Waals surface area contributed by atoms with E-state index in [9.17, 15) is 5.11 Å². The summed E-state index contributed by atoms with van der Waals surface area (Å²) in [5.41, 5.74) is 1.52. The molecule has 2 aliphatic carbocycles. The van der Waals surface area contributed by atoms with Crippen LogP contribution in [0.5, 0.6) is 11.5 Å². The zero-order valence-electron chi connectivity index (χ0n) is 15.6. The molecular formula is C21H32O3. The molecule has 3 nitrogen and oxygen atoms in total. The van der Waals surface area contributed by atoms with Gasteiger partial charge >= 0.3 is 0 Å². The number of fused-ring (bicyclic) bond motifs is 1. The molecule has 2 saturated carbocycles. The second-order valence-corrected chi connectivity index (χ2v) is 8.39. The largest absolute Gasteiger partial charge is 0.497 e. The molecular weight excluding hydrogens is 300 g/mol. The molecule has 2 aliphatic rings. The van der Waals surface area contributed by atoms with Crippen molar-refractivity contribution in [1.82, 2.24) is 0 Å². The van der Waals surface area contributed by atoms with Crippen molar-refractivity contribution in [3.05, 3.63) is 23.8 Å². The zero-order valence-corrected chi connectivity index (χ0v) is 15.6. The minimum atomic E-state index is -0.180. The lowest BCUT2D eigenvalue weighted by atomic mass is 9.48. The first-order chi connectivity index (χ1) is 11.4. The topological polar surface area (TPSA) is 38.7 Å². The number of hydrogen-bond donors (Lipinski definition) is 1. The Morgan fingerprint density at radius 3 is 2.58 bits per heavy atom. The number of benzene rings is 1. The van der Waals surface area contributed by atoms with Gasteiger partial charge in [0.05, 0.1) is 20.3 Å². The highest BCUT2D eigenvalue weighted by molar-refractivity contribution is 5.41. The smallest absolute Gasteiger partial charge is 0.122 e. The molecule has 1 N–H and O–H groups in total. The first kappa shape index (κ1) is 17.6. The summed E-state index contributed by atoms with van der Waals surface area (Å²) in [4.78, 5) is 0. The van der Waals surface area contributed by atoms with Crippen LogP contribution in [0.15, 0.2) is 18.2 Å². The van der Waals surface area contributed by atoms with Crippen LogP contribution in [-0.4, -0.2) is 25.4 Å². The van der Waals surface area contributed by atoms with Gasteiger partial charge in [-0.05, 0) is 72.6 Å². The van der Waals surface area contributed by atoms with Crippen molar-refractivity contribution in [2.75, 3.05) is 14.2 Å². The predicted octanol–water partition coefficient (Wildman–Crippen LogP) is 4.60. The van der Waals surface area contributed by atoms with Crippen LogP contribution < -0.4 is 9.47 Å². The van der Waals surface area contributed by atoms with E-state index in [-0.39, 0.29) is 16.9 Å². The summed E-state index contributed by atoms with van der Waals surface area (Å²) in [5.74, 6) is 2.42. The van der Waals surface area contributed by atoms with Crippen LogP contribution >= 0.6 is 0 Å². The molecule has 3 heteroatoms. The molecule has 1 aromatic carbocycles. The summed E-state index contributed by atoms with van der Waals surface area (Å²) < 4.78 is 11.1. The Labute approximate surface area is 146 Å². The van der Waals surface area contributed by atoms with Crippen molar-refractivity contribution in [3.8, 4) is 11.5 Å². The van der Waals surface area contributed by atoms with E-state index in [1.54, 1.807) is 14.2 Å². The molecule has 0 amide bonds. The van der Waals surface area contributed by atoms with Crippen molar-refractivity contribution < 1.29 is 14.6 Å². The van der Waals surface area contributed by atoms with Crippen LogP contribution in [0.3, 0.4) is 0 Å². The third-order valence-corrected chi connectivity index (χ3v) is 6.86. The molecule has 0 aromatic heterocycles. The number of aliphatic hydroxyl groups excluding tert-OH is 1. The van der Waals surface area contributed by atoms with Gasteiger partial charge in [0.2, 0.25) is 0 Å². The lowest BCUT2D eigenvalue weighted by molar-refractivity contribution is -0.119. The van der Waals surface area contributed by atoms with Gasteiger partial charge in [0.25, 0.3) is 0 Å². The number of rotatable bonds is 4. The van der Waals surface area contributed by atoms with Gasteiger partial charge in [0.1, 0.15) is 11.5 Å². The summed E-state index contributed by atoms with van der Waals surface area (Å²) in [6, 6.07) is 6.12. The first-order valence-electron chi connectivity index (χ1n) is 9.32. The fourth-order valence-electron chi connectivity index (χ4n) is 5.49. The van der Waals surface area contributed by atoms with Crippen LogP contribution in [0, 0.1) is 16.7 Å². The molecule has 0 heterocycles. The Hall–Kier alpha value is -1.22. The second kappa shape index (κ2) is 6.59. The van der Waals surface area contributed by atoms with Crippen LogP contribution in [0.4, 0.5) is 0 Å². The molecule has 24 heavy (non-hydrogen) atoms. The molecule has 1 aromatic rings. The Morgan fingerprint density at radius 2 is 1.88 bits per heavy atom. The minimum Gasteiger partial charge on any atom is -0.497 e. The van der Waals surface area contributed by atoms with Crippen LogP contribution in [0.2, 0.25) is 0 Å². The van der Waals surface area contributed by atoms with E-state index in [1.807, 2.05) is 12.1 Å². The first-order valence-corrected chi connectivity index (χ1v) is 9.32. The number of aliphatic hydroxyl groups is 1. The highest BCUT2D eigenvalue weighted by Gasteiger charge is 2.53. The average molecular weight is 332 g/mol. The summed E-state index contributed by atoms with van der Waals surface area (Å²) in [6.45, 7) is 4.54. The van der Waals surface area contributed by atoms with Gasteiger partial charge in [-0.3, -0.25) is 0 Å². The third-order valence-electron chi connectivity index (χ3n) is 6.86. The van der Waals surface area contributed by atoms with Crippen molar-refractivity contribution in [3.63, 3.8) is 0 Å². The molecule has 3 rings (SSSR count). The van der Waals surface area contributed by atoms with Crippen molar-refractivity contribution in [1.29, 1.82) is 0 Å². The number of hydrogen-bond acceptors (Lipinski definition) is 3. The predicted molar refractivity (Wildman–Crippen MR) is 96.7 cm³/mol. The molecule has 134 valence electrons. The maximum absolute atomic E-state index is 10.6. The standard InChI is InChI=1S/C21H32O3/c1-20(2)18-7-5-6-11-21(18,12-10-19(20)22)14-15-13-16(23-3)8-9-17(15)24-4/h8-9,13,18-19,22H,5-7,10-12,14H2,1-4H3. The van der Waals surface area contributed by atoms with E-state index in [0.717, 1.165) is 30.8 Å². The molecule has 0 bridgehead atoms. The van der Waals surface area contributed by atoms with Crippen LogP contribution in [0.25, 0.3) is 0 Å². The Morgan fingerprint density at radius 1 is 1.08 bits per heavy atom. The summed E-state index contributed by atoms with van der Waals surface area (Å²) in [6.07, 6.45) is 7.95. The van der Waals surface area contributed by atoms with E-state index in [0.29, 0.717) is 5.92 Å². The monoisotopic (exact) mass is 332 g/mol. The lowest BCUT2D eigenvalue weighted by Crippen LogP contribution is -2.53. The zero-order chi connectivity index (χ0) is 17.4. The summed E-state index contributed by atoms with van der Waals surface area (Å²) >= 11 is 0. The van der Waals surface area contributed by atoms with Crippen molar-refractivity contribution in [2.45, 2.75) is 64.9 Å². The maximum atomic E-state index is 10.6. The third kappa shape index (κ3) is 2.92. The highest BCUT2D eigenvalue weighted by atomic mass is 16.5. The van der Waals surface area contributed by atoms with Gasteiger partial charge in [0.15, 0.2) is 0 Å². The van der Waals surface area contributed by atoms with Gasteiger partial charge in [-0.15, -0.1) is 0 Å². The van der Waals surface area contributed by atoms with Crippen LogP contribution in [-0.2, 0) is 6.42 Å². The highest BCUT2D eigenvalue weighted by Crippen LogP contribution is 2.59. The van der Waals surface area contributed by atoms with E-state index < -0.39 is 0 Å². The molecule has 2 fully saturated rings. The SMILES string of the molecule is COc1ccc(OC)c(CC23CCCCC2C(C)(C)C(O)CC3)c1. The van der Waals surface area contributed by atoms with Crippen molar-refractivity contribution >= 4 is 0 Å². The summed E-state index contributed by atoms with van der Waals surface area (Å²) in [7, 11) is 3.46. The molecule has 3 unspecified atom stereocenters. The van der Waals surface area contributed by atoms with E-state index in [4.69, 9.17) is 9.47 Å². The lowest BCUT2D eigenvalue weighted by Gasteiger charge is -2.57. The minimum absolute atomic E-state index is 0.00915. The average Bonchev–Trinajstić information content (AvgIpc) is 2.59. The number of methoxy groups -OCH3 is 2. The van der Waals surface area contributed by atoms with Gasteiger partial charge in [0, 0.05) is 0 Å². The fourth-order valence-corrected chi connectivity index (χ4v) is 5.49. The van der Waals surface area contributed by atoms with Gasteiger partial charge in [-0.25, -0.2) is 0 Å². The molecule has 3 atom stereocenters. The Kier molecular flexibility index (Phi) is 4.83.